The van der Waals surface area contributed by atoms with E-state index in [-0.39, 0.29) is 5.41 Å². The van der Waals surface area contributed by atoms with E-state index in [0.717, 1.165) is 24.6 Å². The van der Waals surface area contributed by atoms with Crippen molar-refractivity contribution in [2.75, 3.05) is 18.0 Å². The number of aromatic nitrogens is 1. The van der Waals surface area contributed by atoms with Gasteiger partial charge in [0.15, 0.2) is 0 Å². The van der Waals surface area contributed by atoms with Crippen molar-refractivity contribution in [1.29, 1.82) is 0 Å². The number of carbonyl (C=O) groups is 1. The van der Waals surface area contributed by atoms with E-state index in [1.807, 2.05) is 0 Å². The maximum atomic E-state index is 11.3. The number of rotatable bonds is 2. The van der Waals surface area contributed by atoms with Crippen LogP contribution in [0.15, 0.2) is 12.1 Å². The molecule has 4 nitrogen and oxygen atoms in total. The van der Waals surface area contributed by atoms with Crippen LogP contribution in [0.5, 0.6) is 0 Å². The van der Waals surface area contributed by atoms with E-state index in [0.29, 0.717) is 17.4 Å². The van der Waals surface area contributed by atoms with Crippen LogP contribution in [0.4, 0.5) is 5.82 Å². The van der Waals surface area contributed by atoms with Crippen molar-refractivity contribution in [1.82, 2.24) is 4.98 Å². The third-order valence-electron chi connectivity index (χ3n) is 4.14. The topological polar surface area (TPSA) is 53.4 Å². The number of pyridine rings is 1. The Morgan fingerprint density at radius 1 is 1.25 bits per heavy atom. The molecule has 1 aliphatic heterocycles. The Bertz CT molecular complexity index is 510. The first-order valence-corrected chi connectivity index (χ1v) is 7.19. The molecule has 1 N–H and O–H groups in total. The Hall–Kier alpha value is -1.58. The molecular weight excluding hydrogens is 252 g/mol. The molecule has 4 heteroatoms. The summed E-state index contributed by atoms with van der Waals surface area (Å²) < 4.78 is 0. The molecule has 0 saturated carbocycles. The zero-order valence-electron chi connectivity index (χ0n) is 13.0. The van der Waals surface area contributed by atoms with Crippen molar-refractivity contribution in [2.45, 2.75) is 40.0 Å². The number of nitrogens with zero attached hydrogens (tertiary/aromatic N) is 2. The van der Waals surface area contributed by atoms with E-state index in [9.17, 15) is 9.90 Å². The van der Waals surface area contributed by atoms with Gasteiger partial charge in [0.2, 0.25) is 0 Å². The molecule has 0 bridgehead atoms. The molecule has 0 aliphatic carbocycles. The minimum Gasteiger partial charge on any atom is -0.478 e. The van der Waals surface area contributed by atoms with Crippen LogP contribution >= 0.6 is 0 Å². The maximum absolute atomic E-state index is 11.3. The van der Waals surface area contributed by atoms with Crippen LogP contribution in [0.3, 0.4) is 0 Å². The second-order valence-corrected chi connectivity index (χ2v) is 7.01. The van der Waals surface area contributed by atoms with Gasteiger partial charge in [-0.15, -0.1) is 0 Å². The van der Waals surface area contributed by atoms with Crippen LogP contribution in [0, 0.1) is 11.8 Å². The number of anilines is 1. The van der Waals surface area contributed by atoms with Gasteiger partial charge >= 0.3 is 5.97 Å². The third kappa shape index (κ3) is 2.94. The van der Waals surface area contributed by atoms with Gasteiger partial charge in [-0.25, -0.2) is 9.78 Å². The fraction of sp³-hybridized carbons (Fsp3) is 0.625. The van der Waals surface area contributed by atoms with E-state index in [1.165, 1.54) is 0 Å². The van der Waals surface area contributed by atoms with E-state index < -0.39 is 5.97 Å². The summed E-state index contributed by atoms with van der Waals surface area (Å²) in [5, 5.41) is 9.30. The first-order valence-electron chi connectivity index (χ1n) is 7.19. The second-order valence-electron chi connectivity index (χ2n) is 7.01. The lowest BCUT2D eigenvalue weighted by molar-refractivity contribution is 0.0696. The molecule has 0 amide bonds. The molecule has 0 spiro atoms. The number of carboxylic acids is 1. The van der Waals surface area contributed by atoms with Crippen LogP contribution in [-0.4, -0.2) is 29.1 Å². The van der Waals surface area contributed by atoms with E-state index >= 15 is 0 Å². The first-order chi connectivity index (χ1) is 9.18. The molecule has 0 radical (unpaired) electrons. The second kappa shape index (κ2) is 5.08. The number of carboxylic acid groups (broad SMARTS) is 1. The molecule has 1 fully saturated rings. The molecule has 2 atom stereocenters. The van der Waals surface area contributed by atoms with Crippen LogP contribution in [0.1, 0.15) is 50.7 Å². The lowest BCUT2D eigenvalue weighted by Crippen LogP contribution is -2.24. The van der Waals surface area contributed by atoms with Crippen molar-refractivity contribution >= 4 is 11.8 Å². The predicted molar refractivity (Wildman–Crippen MR) is 80.4 cm³/mol. The zero-order valence-corrected chi connectivity index (χ0v) is 13.0. The van der Waals surface area contributed by atoms with Crippen molar-refractivity contribution in [2.24, 2.45) is 11.8 Å². The molecule has 1 saturated heterocycles. The monoisotopic (exact) mass is 276 g/mol. The van der Waals surface area contributed by atoms with Gasteiger partial charge in [0.1, 0.15) is 5.82 Å². The fourth-order valence-electron chi connectivity index (χ4n) is 2.50. The molecule has 1 aromatic rings. The molecule has 2 unspecified atom stereocenters. The molecule has 1 aromatic heterocycles. The smallest absolute Gasteiger partial charge is 0.335 e. The Morgan fingerprint density at radius 2 is 1.80 bits per heavy atom. The highest BCUT2D eigenvalue weighted by molar-refractivity contribution is 5.88. The van der Waals surface area contributed by atoms with E-state index in [4.69, 9.17) is 4.98 Å². The average molecular weight is 276 g/mol. The van der Waals surface area contributed by atoms with Crippen LogP contribution in [0.2, 0.25) is 0 Å². The Labute approximate surface area is 120 Å². The van der Waals surface area contributed by atoms with Crippen LogP contribution in [0.25, 0.3) is 0 Å². The number of aromatic carboxylic acids is 1. The quantitative estimate of drug-likeness (QED) is 0.901. The van der Waals surface area contributed by atoms with Gasteiger partial charge in [-0.2, -0.15) is 0 Å². The van der Waals surface area contributed by atoms with E-state index in [2.05, 4.69) is 39.5 Å². The Balaban J connectivity index is 2.43. The Morgan fingerprint density at radius 3 is 2.25 bits per heavy atom. The molecule has 2 rings (SSSR count). The zero-order chi connectivity index (χ0) is 15.1. The van der Waals surface area contributed by atoms with Gasteiger partial charge in [0, 0.05) is 24.2 Å². The maximum Gasteiger partial charge on any atom is 0.335 e. The fourth-order valence-corrected chi connectivity index (χ4v) is 2.50. The first kappa shape index (κ1) is 14.8. The molecule has 2 heterocycles. The lowest BCUT2D eigenvalue weighted by Gasteiger charge is -2.23. The average Bonchev–Trinajstić information content (AvgIpc) is 2.68. The summed E-state index contributed by atoms with van der Waals surface area (Å²) in [5.74, 6) is 1.14. The van der Waals surface area contributed by atoms with Crippen molar-refractivity contribution in [3.8, 4) is 0 Å². The molecule has 1 aliphatic rings. The van der Waals surface area contributed by atoms with Gasteiger partial charge in [0.25, 0.3) is 0 Å². The molecule has 110 valence electrons. The minimum absolute atomic E-state index is 0.156. The normalized spacial score (nSPS) is 23.1. The standard InChI is InChI=1S/C16H24N2O2/c1-10-8-18(9-11(10)2)14-7-12(15(19)20)6-13(17-14)16(3,4)5/h6-7,10-11H,8-9H2,1-5H3,(H,19,20). The van der Waals surface area contributed by atoms with Crippen molar-refractivity contribution in [3.63, 3.8) is 0 Å². The van der Waals surface area contributed by atoms with E-state index in [1.54, 1.807) is 12.1 Å². The van der Waals surface area contributed by atoms with Crippen LogP contribution < -0.4 is 4.90 Å². The molecule has 20 heavy (non-hydrogen) atoms. The van der Waals surface area contributed by atoms with Crippen molar-refractivity contribution in [3.05, 3.63) is 23.4 Å². The third-order valence-corrected chi connectivity index (χ3v) is 4.14. The Kier molecular flexibility index (Phi) is 3.76. The summed E-state index contributed by atoms with van der Waals surface area (Å²) in [5.41, 5.74) is 1.00. The van der Waals surface area contributed by atoms with Gasteiger partial charge in [0.05, 0.1) is 5.56 Å². The van der Waals surface area contributed by atoms with Gasteiger partial charge in [-0.3, -0.25) is 0 Å². The summed E-state index contributed by atoms with van der Waals surface area (Å²) >= 11 is 0. The summed E-state index contributed by atoms with van der Waals surface area (Å²) in [4.78, 5) is 18.2. The predicted octanol–water partition coefficient (Wildman–Crippen LogP) is 3.17. The summed E-state index contributed by atoms with van der Waals surface area (Å²) in [6.07, 6.45) is 0. The highest BCUT2D eigenvalue weighted by Gasteiger charge is 2.28. The summed E-state index contributed by atoms with van der Waals surface area (Å²) in [6, 6.07) is 3.39. The summed E-state index contributed by atoms with van der Waals surface area (Å²) in [6.45, 7) is 12.5. The number of hydrogen-bond acceptors (Lipinski definition) is 3. The highest BCUT2D eigenvalue weighted by Crippen LogP contribution is 2.30. The molecular formula is C16H24N2O2. The van der Waals surface area contributed by atoms with Gasteiger partial charge < -0.3 is 10.0 Å². The lowest BCUT2D eigenvalue weighted by atomic mass is 9.90. The van der Waals surface area contributed by atoms with Gasteiger partial charge in [-0.05, 0) is 24.0 Å². The molecule has 0 aromatic carbocycles. The van der Waals surface area contributed by atoms with Gasteiger partial charge in [-0.1, -0.05) is 34.6 Å². The SMILES string of the molecule is CC1CN(c2cc(C(=O)O)cc(C(C)(C)C)n2)CC1C. The minimum atomic E-state index is -0.889. The highest BCUT2D eigenvalue weighted by atomic mass is 16.4. The van der Waals surface area contributed by atoms with Crippen LogP contribution in [-0.2, 0) is 5.41 Å². The van der Waals surface area contributed by atoms with Crippen molar-refractivity contribution < 1.29 is 9.90 Å². The largest absolute Gasteiger partial charge is 0.478 e. The summed E-state index contributed by atoms with van der Waals surface area (Å²) in [7, 11) is 0. The number of hydrogen-bond donors (Lipinski definition) is 1.